The minimum absolute atomic E-state index is 0. The fourth-order valence-corrected chi connectivity index (χ4v) is 8.58. The number of nitrogens with two attached hydrogens (primary N) is 3. The van der Waals surface area contributed by atoms with Crippen molar-refractivity contribution < 1.29 is 61.0 Å². The molecule has 3 aromatic heterocycles. The zero-order chi connectivity index (χ0) is 62.2. The lowest BCUT2D eigenvalue weighted by Crippen LogP contribution is -2.48. The van der Waals surface area contributed by atoms with Gasteiger partial charge in [0.1, 0.15) is 28.4 Å². The third-order valence-electron chi connectivity index (χ3n) is 12.7. The Morgan fingerprint density at radius 2 is 0.931 bits per heavy atom. The quantitative estimate of drug-likeness (QED) is 0.0279. The molecule has 0 bridgehead atoms. The number of carbonyl (C=O) groups excluding carboxylic acids is 5. The molecule has 0 atom stereocenters. The monoisotopic (exact) mass is 1250 g/mol. The molecule has 1 radical (unpaired) electrons. The molecular weight excluding hydrogens is 1180 g/mol. The number of pyridine rings is 3. The fraction of sp³-hybridized carbons (Fsp3) is 0.288. The summed E-state index contributed by atoms with van der Waals surface area (Å²) in [6, 6.07) is 22.7. The van der Waals surface area contributed by atoms with Crippen molar-refractivity contribution in [3.05, 3.63) is 156 Å². The molecule has 3 aliphatic heterocycles. The summed E-state index contributed by atoms with van der Waals surface area (Å²) in [6.07, 6.45) is 2.34. The first-order valence-electron chi connectivity index (χ1n) is 25.9. The van der Waals surface area contributed by atoms with Crippen LogP contribution in [0.2, 0.25) is 5.15 Å². The van der Waals surface area contributed by atoms with Crippen LogP contribution in [0.4, 0.5) is 30.6 Å². The zero-order valence-corrected chi connectivity index (χ0v) is 48.2. The Bertz CT molecular complexity index is 3320. The molecule has 0 unspecified atom stereocenters. The number of primary amides is 3. The van der Waals surface area contributed by atoms with Gasteiger partial charge in [-0.2, -0.15) is 0 Å². The lowest BCUT2D eigenvalue weighted by molar-refractivity contribution is -0.126. The number of anilines is 3. The molecule has 0 spiro atoms. The van der Waals surface area contributed by atoms with E-state index in [1.165, 1.54) is 75.9 Å². The molecular formula is C59H71BCl2F3N12O10. The standard InChI is InChI=1S/C20H21FN4O3.C17H19FN4O2.C10H13ClN4O.C7H7BFO3.C3H3ClO.2CH4/c1-3-18(26)25-10-8-24(9-11-25)17-7-5-14(20(22)27)19(23-17)13-4-6-15(21)16(12-13)28-2;1-24-14-10-11(2-4-13(14)18)16-12(17(19)23)3-5-15(21-16)22-8-6-20-7-9-22;11-9-7(10(12)16)1-2-8(14-9)15-5-3-13-4-6-15;1-11-7-4-5(12-8-10)2-3-6(7)9;1-2-3(4)5;;/h3-7,12H,1,8-11H2,2H3,(H2,22,27);2-5,10,20H,6-9H2,1H3,(H2,19,23);1-2,13H,3-6H2,(H2,12,16);2-4,10H,1H3;2H,1H2;2*1H4. The summed E-state index contributed by atoms with van der Waals surface area (Å²) in [4.78, 5) is 77.2. The molecule has 3 saturated heterocycles. The molecule has 3 aromatic carbocycles. The van der Waals surface area contributed by atoms with E-state index in [-0.39, 0.29) is 54.3 Å². The Morgan fingerprint density at radius 1 is 0.563 bits per heavy atom. The summed E-state index contributed by atoms with van der Waals surface area (Å²) >= 11 is 10.6. The van der Waals surface area contributed by atoms with Crippen LogP contribution in [-0.4, -0.2) is 161 Å². The van der Waals surface area contributed by atoms with Crippen LogP contribution in [0.25, 0.3) is 22.5 Å². The predicted octanol–water partition coefficient (Wildman–Crippen LogP) is 6.43. The number of nitrogens with one attached hydrogen (secondary N) is 2. The van der Waals surface area contributed by atoms with Crippen LogP contribution in [0, 0.1) is 17.5 Å². The van der Waals surface area contributed by atoms with Crippen molar-refractivity contribution in [3.8, 4) is 45.5 Å². The van der Waals surface area contributed by atoms with E-state index in [1.807, 2.05) is 4.90 Å². The van der Waals surface area contributed by atoms with Crippen LogP contribution in [0.5, 0.6) is 23.0 Å². The lowest BCUT2D eigenvalue weighted by Gasteiger charge is -2.35. The molecule has 6 heterocycles. The average molecular weight is 1250 g/mol. The number of carbonyl (C=O) groups is 5. The number of allylic oxidation sites excluding steroid dienone is 1. The summed E-state index contributed by atoms with van der Waals surface area (Å²) < 4.78 is 59.5. The van der Waals surface area contributed by atoms with Gasteiger partial charge in [0.05, 0.1) is 49.4 Å². The van der Waals surface area contributed by atoms with Crippen molar-refractivity contribution in [2.75, 3.05) is 115 Å². The Morgan fingerprint density at radius 3 is 1.29 bits per heavy atom. The molecule has 0 saturated carbocycles. The van der Waals surface area contributed by atoms with Crippen molar-refractivity contribution in [1.82, 2.24) is 30.5 Å². The second-order valence-corrected chi connectivity index (χ2v) is 18.7. The van der Waals surface area contributed by atoms with Gasteiger partial charge in [-0.15, -0.1) is 0 Å². The highest BCUT2D eigenvalue weighted by Crippen LogP contribution is 2.32. The number of nitrogens with zero attached hydrogens (tertiary/aromatic N) is 7. The highest BCUT2D eigenvalue weighted by molar-refractivity contribution is 6.66. The third-order valence-corrected chi connectivity index (χ3v) is 13.1. The van der Waals surface area contributed by atoms with Gasteiger partial charge >= 0.3 is 7.69 Å². The number of benzene rings is 3. The van der Waals surface area contributed by atoms with Gasteiger partial charge in [0.2, 0.25) is 11.1 Å². The number of amides is 4. The molecule has 6 aromatic rings. The summed E-state index contributed by atoms with van der Waals surface area (Å²) in [5.41, 5.74) is 18.8. The number of halogens is 5. The number of ether oxygens (including phenoxy) is 3. The maximum Gasteiger partial charge on any atom is 0.569 e. The van der Waals surface area contributed by atoms with Gasteiger partial charge in [0.25, 0.3) is 17.7 Å². The molecule has 9 rings (SSSR count). The average Bonchev–Trinajstić information content (AvgIpc) is 2.06. The second kappa shape index (κ2) is 36.1. The van der Waals surface area contributed by atoms with Gasteiger partial charge in [0, 0.05) is 95.7 Å². The third kappa shape index (κ3) is 20.9. The van der Waals surface area contributed by atoms with E-state index in [9.17, 15) is 37.1 Å². The van der Waals surface area contributed by atoms with Crippen molar-refractivity contribution in [3.63, 3.8) is 0 Å². The van der Waals surface area contributed by atoms with Crippen molar-refractivity contribution in [2.24, 2.45) is 17.2 Å². The van der Waals surface area contributed by atoms with Crippen LogP contribution in [0.15, 0.2) is 116 Å². The van der Waals surface area contributed by atoms with E-state index in [1.54, 1.807) is 47.4 Å². The van der Waals surface area contributed by atoms with Crippen LogP contribution < -0.4 is 61.4 Å². The molecule has 87 heavy (non-hydrogen) atoms. The van der Waals surface area contributed by atoms with E-state index in [0.29, 0.717) is 73.5 Å². The Balaban J connectivity index is 0.000000305. The van der Waals surface area contributed by atoms with E-state index < -0.39 is 40.4 Å². The molecule has 9 N–H and O–H groups in total. The smallest absolute Gasteiger partial charge is 0.537 e. The first-order valence-corrected chi connectivity index (χ1v) is 26.6. The minimum Gasteiger partial charge on any atom is -0.537 e. The zero-order valence-electron chi connectivity index (χ0n) is 46.7. The Hall–Kier alpha value is -8.95. The summed E-state index contributed by atoms with van der Waals surface area (Å²) in [7, 11) is 4.63. The van der Waals surface area contributed by atoms with E-state index in [2.05, 4.69) is 57.9 Å². The number of aromatic nitrogens is 3. The summed E-state index contributed by atoms with van der Waals surface area (Å²) in [6.45, 7) is 15.9. The Labute approximate surface area is 514 Å². The van der Waals surface area contributed by atoms with Gasteiger partial charge < -0.3 is 71.3 Å². The van der Waals surface area contributed by atoms with Crippen LogP contribution in [0.1, 0.15) is 45.9 Å². The fourth-order valence-electron chi connectivity index (χ4n) is 8.33. The maximum atomic E-state index is 13.8. The van der Waals surface area contributed by atoms with Crippen molar-refractivity contribution >= 4 is 77.2 Å². The Kier molecular flexibility index (Phi) is 30.0. The van der Waals surface area contributed by atoms with Crippen LogP contribution in [-0.2, 0) is 9.59 Å². The van der Waals surface area contributed by atoms with Crippen molar-refractivity contribution in [1.29, 1.82) is 0 Å². The van der Waals surface area contributed by atoms with E-state index >= 15 is 0 Å². The number of rotatable bonds is 15. The largest absolute Gasteiger partial charge is 0.569 e. The molecule has 22 nitrogen and oxygen atoms in total. The number of methoxy groups -OCH3 is 3. The van der Waals surface area contributed by atoms with Gasteiger partial charge in [-0.3, -0.25) is 24.0 Å². The summed E-state index contributed by atoms with van der Waals surface area (Å²) in [5.74, 6) is -0.565. The highest BCUT2D eigenvalue weighted by Gasteiger charge is 2.24. The second-order valence-electron chi connectivity index (χ2n) is 17.9. The van der Waals surface area contributed by atoms with Gasteiger partial charge in [-0.05, 0) is 109 Å². The van der Waals surface area contributed by atoms with E-state index in [4.69, 9.17) is 54.9 Å². The molecule has 4 amide bonds. The van der Waals surface area contributed by atoms with Crippen LogP contribution >= 0.6 is 23.2 Å². The van der Waals surface area contributed by atoms with Crippen LogP contribution in [0.3, 0.4) is 0 Å². The van der Waals surface area contributed by atoms with Gasteiger partial charge in [-0.1, -0.05) is 39.6 Å². The molecule has 3 aliphatic rings. The number of piperazine rings is 3. The highest BCUT2D eigenvalue weighted by atomic mass is 35.5. The number of hydrogen-bond donors (Lipinski definition) is 6. The van der Waals surface area contributed by atoms with E-state index in [0.717, 1.165) is 70.1 Å². The predicted molar refractivity (Wildman–Crippen MR) is 332 cm³/mol. The molecule has 465 valence electrons. The first kappa shape index (κ1) is 72.3. The maximum absolute atomic E-state index is 13.8. The van der Waals surface area contributed by atoms with Crippen molar-refractivity contribution in [2.45, 2.75) is 14.9 Å². The lowest BCUT2D eigenvalue weighted by atomic mass is 10.0. The molecule has 28 heteroatoms. The number of hydrogen-bond acceptors (Lipinski definition) is 18. The minimum atomic E-state index is -0.626. The topological polar surface area (TPSA) is 296 Å². The first-order chi connectivity index (χ1) is 40.8. The molecule has 0 aliphatic carbocycles. The van der Waals surface area contributed by atoms with Gasteiger partial charge in [-0.25, -0.2) is 28.1 Å². The van der Waals surface area contributed by atoms with Gasteiger partial charge in [0.15, 0.2) is 34.7 Å². The summed E-state index contributed by atoms with van der Waals surface area (Å²) in [5, 5.41) is 14.5. The normalized spacial score (nSPS) is 13.1. The SMILES string of the molecule is C.C.C=CC(=O)Cl.C=CC(=O)N1CCN(c2ccc(C(N)=O)c(-c3ccc(F)c(OC)c3)n2)CC1.COc1cc(-c2nc(N3CCNCC3)ccc2C(N)=O)ccc1F.COc1cc(O[B]O)ccc1F.NC(=O)c1ccc(N2CCNCC2)nc1Cl. The molecule has 3 fully saturated rings.